The Morgan fingerprint density at radius 3 is 2.67 bits per heavy atom. The molecule has 0 spiro atoms. The minimum Gasteiger partial charge on any atom is -0.448 e. The Balaban J connectivity index is 2.02. The van der Waals surface area contributed by atoms with Gasteiger partial charge in [0.25, 0.3) is 0 Å². The lowest BCUT2D eigenvalue weighted by atomic mass is 10.1. The third-order valence-corrected chi connectivity index (χ3v) is 3.13. The SMILES string of the molecule is c1ccc2c(N3CCCCC3)occ2c1. The van der Waals surface area contributed by atoms with Crippen molar-refractivity contribution < 1.29 is 4.42 Å². The second kappa shape index (κ2) is 3.61. The molecule has 15 heavy (non-hydrogen) atoms. The van der Waals surface area contributed by atoms with E-state index in [0.29, 0.717) is 0 Å². The summed E-state index contributed by atoms with van der Waals surface area (Å²) in [5.74, 6) is 1.06. The van der Waals surface area contributed by atoms with Crippen LogP contribution in [-0.4, -0.2) is 13.1 Å². The largest absolute Gasteiger partial charge is 0.448 e. The molecule has 2 aromatic rings. The highest BCUT2D eigenvalue weighted by Crippen LogP contribution is 2.30. The predicted molar refractivity (Wildman–Crippen MR) is 62.3 cm³/mol. The van der Waals surface area contributed by atoms with Crippen molar-refractivity contribution in [2.45, 2.75) is 19.3 Å². The molecule has 1 aliphatic heterocycles. The molecule has 0 radical (unpaired) electrons. The van der Waals surface area contributed by atoms with E-state index in [1.165, 1.54) is 30.0 Å². The second-order valence-electron chi connectivity index (χ2n) is 4.18. The molecule has 3 rings (SSSR count). The van der Waals surface area contributed by atoms with Crippen molar-refractivity contribution in [1.82, 2.24) is 0 Å². The lowest BCUT2D eigenvalue weighted by Crippen LogP contribution is -2.28. The van der Waals surface area contributed by atoms with Crippen molar-refractivity contribution in [3.8, 4) is 0 Å². The molecule has 2 heteroatoms. The lowest BCUT2D eigenvalue weighted by molar-refractivity contribution is 0.503. The Kier molecular flexibility index (Phi) is 2.13. The molecule has 0 N–H and O–H groups in total. The molecular weight excluding hydrogens is 186 g/mol. The maximum Gasteiger partial charge on any atom is 0.203 e. The molecule has 0 saturated carbocycles. The van der Waals surface area contributed by atoms with Gasteiger partial charge in [-0.15, -0.1) is 0 Å². The van der Waals surface area contributed by atoms with Gasteiger partial charge in [-0.05, 0) is 25.3 Å². The van der Waals surface area contributed by atoms with E-state index in [0.717, 1.165) is 19.0 Å². The Labute approximate surface area is 89.5 Å². The summed E-state index contributed by atoms with van der Waals surface area (Å²) in [5.41, 5.74) is 0. The highest BCUT2D eigenvalue weighted by Gasteiger charge is 2.16. The van der Waals surface area contributed by atoms with E-state index in [2.05, 4.69) is 29.2 Å². The van der Waals surface area contributed by atoms with Crippen LogP contribution in [0.2, 0.25) is 0 Å². The van der Waals surface area contributed by atoms with Crippen LogP contribution in [0, 0.1) is 0 Å². The quantitative estimate of drug-likeness (QED) is 0.702. The van der Waals surface area contributed by atoms with Crippen molar-refractivity contribution in [2.75, 3.05) is 18.0 Å². The Morgan fingerprint density at radius 1 is 1.00 bits per heavy atom. The number of hydrogen-bond donors (Lipinski definition) is 0. The van der Waals surface area contributed by atoms with E-state index in [-0.39, 0.29) is 0 Å². The molecule has 0 unspecified atom stereocenters. The van der Waals surface area contributed by atoms with Gasteiger partial charge in [0.2, 0.25) is 5.88 Å². The number of nitrogens with zero attached hydrogens (tertiary/aromatic N) is 1. The fraction of sp³-hybridized carbons (Fsp3) is 0.385. The highest BCUT2D eigenvalue weighted by molar-refractivity contribution is 5.91. The van der Waals surface area contributed by atoms with Gasteiger partial charge in [-0.2, -0.15) is 0 Å². The van der Waals surface area contributed by atoms with Crippen LogP contribution >= 0.6 is 0 Å². The Hall–Kier alpha value is -1.44. The summed E-state index contributed by atoms with van der Waals surface area (Å²) < 4.78 is 5.68. The first-order valence-electron chi connectivity index (χ1n) is 5.66. The maximum atomic E-state index is 5.68. The van der Waals surface area contributed by atoms with Gasteiger partial charge >= 0.3 is 0 Å². The zero-order valence-corrected chi connectivity index (χ0v) is 8.78. The normalized spacial score (nSPS) is 17.2. The second-order valence-corrected chi connectivity index (χ2v) is 4.18. The Bertz CT molecular complexity index is 454. The summed E-state index contributed by atoms with van der Waals surface area (Å²) in [6.07, 6.45) is 5.79. The van der Waals surface area contributed by atoms with Crippen molar-refractivity contribution in [1.29, 1.82) is 0 Å². The molecule has 0 amide bonds. The Morgan fingerprint density at radius 2 is 1.80 bits per heavy atom. The minimum absolute atomic E-state index is 1.06. The average Bonchev–Trinajstić information content (AvgIpc) is 2.74. The predicted octanol–water partition coefficient (Wildman–Crippen LogP) is 3.42. The van der Waals surface area contributed by atoms with Gasteiger partial charge in [-0.25, -0.2) is 0 Å². The first-order valence-corrected chi connectivity index (χ1v) is 5.66. The smallest absolute Gasteiger partial charge is 0.203 e. The summed E-state index contributed by atoms with van der Waals surface area (Å²) in [7, 11) is 0. The van der Waals surface area contributed by atoms with Crippen LogP contribution in [0.15, 0.2) is 34.9 Å². The van der Waals surface area contributed by atoms with Crippen molar-refractivity contribution >= 4 is 16.7 Å². The minimum atomic E-state index is 1.06. The molecule has 1 aliphatic rings. The van der Waals surface area contributed by atoms with Crippen LogP contribution in [-0.2, 0) is 0 Å². The van der Waals surface area contributed by atoms with Crippen LogP contribution in [0.1, 0.15) is 19.3 Å². The summed E-state index contributed by atoms with van der Waals surface area (Å²) in [4.78, 5) is 2.37. The fourth-order valence-corrected chi connectivity index (χ4v) is 2.32. The molecule has 1 aromatic carbocycles. The van der Waals surface area contributed by atoms with E-state index in [1.54, 1.807) is 0 Å². The van der Waals surface area contributed by atoms with Crippen molar-refractivity contribution in [2.24, 2.45) is 0 Å². The molecule has 2 nitrogen and oxygen atoms in total. The number of piperidine rings is 1. The molecule has 0 aliphatic carbocycles. The number of hydrogen-bond acceptors (Lipinski definition) is 2. The van der Waals surface area contributed by atoms with Gasteiger partial charge in [0, 0.05) is 23.9 Å². The number of rotatable bonds is 1. The molecule has 0 atom stereocenters. The monoisotopic (exact) mass is 201 g/mol. The zero-order chi connectivity index (χ0) is 10.1. The summed E-state index contributed by atoms with van der Waals surface area (Å²) in [6.45, 7) is 2.27. The van der Waals surface area contributed by atoms with Crippen molar-refractivity contribution in [3.63, 3.8) is 0 Å². The number of furan rings is 1. The van der Waals surface area contributed by atoms with Gasteiger partial charge in [0.15, 0.2) is 0 Å². The zero-order valence-electron chi connectivity index (χ0n) is 8.78. The first-order chi connectivity index (χ1) is 7.45. The molecule has 1 saturated heterocycles. The van der Waals surface area contributed by atoms with Crippen molar-refractivity contribution in [3.05, 3.63) is 30.5 Å². The fourth-order valence-electron chi connectivity index (χ4n) is 2.32. The highest BCUT2D eigenvalue weighted by atomic mass is 16.3. The van der Waals surface area contributed by atoms with Gasteiger partial charge in [-0.3, -0.25) is 0 Å². The molecule has 78 valence electrons. The maximum absolute atomic E-state index is 5.68. The van der Waals surface area contributed by atoms with Crippen LogP contribution in [0.4, 0.5) is 5.88 Å². The van der Waals surface area contributed by atoms with Crippen LogP contribution in [0.3, 0.4) is 0 Å². The molecule has 2 heterocycles. The summed E-state index contributed by atoms with van der Waals surface area (Å²) >= 11 is 0. The standard InChI is InChI=1S/C13H15NO/c1-4-8-14(9-5-1)13-12-7-3-2-6-11(12)10-15-13/h2-3,6-7,10H,1,4-5,8-9H2. The molecule has 1 aromatic heterocycles. The topological polar surface area (TPSA) is 16.4 Å². The number of anilines is 1. The average molecular weight is 201 g/mol. The van der Waals surface area contributed by atoms with E-state index in [4.69, 9.17) is 4.42 Å². The third-order valence-electron chi connectivity index (χ3n) is 3.13. The molecule has 0 bridgehead atoms. The molecular formula is C13H15NO. The summed E-state index contributed by atoms with van der Waals surface area (Å²) in [5, 5.41) is 2.46. The van der Waals surface area contributed by atoms with Gasteiger partial charge in [0.05, 0.1) is 0 Å². The van der Waals surface area contributed by atoms with E-state index >= 15 is 0 Å². The van der Waals surface area contributed by atoms with Gasteiger partial charge in [0.1, 0.15) is 6.26 Å². The van der Waals surface area contributed by atoms with E-state index in [1.807, 2.05) is 6.26 Å². The van der Waals surface area contributed by atoms with E-state index in [9.17, 15) is 0 Å². The third kappa shape index (κ3) is 1.50. The lowest BCUT2D eigenvalue weighted by Gasteiger charge is -2.26. The van der Waals surface area contributed by atoms with Crippen LogP contribution < -0.4 is 4.90 Å². The van der Waals surface area contributed by atoms with Gasteiger partial charge < -0.3 is 9.32 Å². The van der Waals surface area contributed by atoms with E-state index < -0.39 is 0 Å². The summed E-state index contributed by atoms with van der Waals surface area (Å²) in [6, 6.07) is 8.37. The van der Waals surface area contributed by atoms with Gasteiger partial charge in [-0.1, -0.05) is 18.2 Å². The molecule has 1 fully saturated rings. The number of benzene rings is 1. The first kappa shape index (κ1) is 8.84. The van der Waals surface area contributed by atoms with Crippen LogP contribution in [0.5, 0.6) is 0 Å². The van der Waals surface area contributed by atoms with Crippen LogP contribution in [0.25, 0.3) is 10.8 Å². The number of fused-ring (bicyclic) bond motifs is 1.